The van der Waals surface area contributed by atoms with E-state index in [1.807, 2.05) is 0 Å². The zero-order valence-electron chi connectivity index (χ0n) is 21.1. The fraction of sp³-hybridized carbons (Fsp3) is 0.720. The van der Waals surface area contributed by atoms with Crippen molar-refractivity contribution in [3.05, 3.63) is 30.7 Å². The van der Waals surface area contributed by atoms with Crippen LogP contribution in [0, 0.1) is 26.2 Å². The van der Waals surface area contributed by atoms with Gasteiger partial charge < -0.3 is 12.5 Å². The Morgan fingerprint density at radius 3 is 1.84 bits per heavy atom. The van der Waals surface area contributed by atoms with Crippen molar-refractivity contribution in [3.8, 4) is 5.75 Å². The molecule has 6 unspecified atom stereocenters. The first-order valence-corrected chi connectivity index (χ1v) is 20.7. The molecule has 1 aromatic rings. The van der Waals surface area contributed by atoms with Crippen molar-refractivity contribution >= 4 is 55.4 Å². The molecule has 0 radical (unpaired) electrons. The molecule has 182 valence electrons. The third kappa shape index (κ3) is 5.63. The molecule has 1 aromatic carbocycles. The molecule has 1 aliphatic carbocycles. The molecule has 1 nitrogen and oxygen atoms in total. The first-order chi connectivity index (χ1) is 14.3. The van der Waals surface area contributed by atoms with Gasteiger partial charge in [-0.3, -0.25) is 0 Å². The van der Waals surface area contributed by atoms with Crippen LogP contribution in [0.5, 0.6) is 5.75 Å². The van der Waals surface area contributed by atoms with Crippen LogP contribution < -0.4 is 5.19 Å². The van der Waals surface area contributed by atoms with Crippen LogP contribution in [0.1, 0.15) is 58.6 Å². The van der Waals surface area contributed by atoms with E-state index in [1.165, 1.54) is 23.6 Å². The minimum atomic E-state index is -1.86. The zero-order valence-corrected chi connectivity index (χ0v) is 26.8. The number of hydrogen-bond acceptors (Lipinski definition) is 3. The molecule has 2 heterocycles. The molecular formula is C25H41Cl2OS2SiTi-. The van der Waals surface area contributed by atoms with Gasteiger partial charge >= 0.3 is 35.6 Å². The van der Waals surface area contributed by atoms with Crippen molar-refractivity contribution in [2.75, 3.05) is 0 Å². The molecule has 4 rings (SSSR count). The number of rotatable bonds is 2. The first-order valence-electron chi connectivity index (χ1n) is 11.4. The summed E-state index contributed by atoms with van der Waals surface area (Å²) in [5, 5.41) is 16.0. The van der Waals surface area contributed by atoms with Crippen LogP contribution in [-0.2, 0) is 22.4 Å². The molecular weight excluding hydrogens is 527 g/mol. The van der Waals surface area contributed by atoms with Crippen molar-refractivity contribution in [2.45, 2.75) is 99.4 Å². The normalized spacial score (nSPS) is 33.6. The summed E-state index contributed by atoms with van der Waals surface area (Å²) in [5.41, 5.74) is 3.19. The van der Waals surface area contributed by atoms with Gasteiger partial charge in [-0.15, -0.1) is 0 Å². The van der Waals surface area contributed by atoms with E-state index in [2.05, 4.69) is 90.3 Å². The number of aryl methyl sites for hydroxylation is 1. The predicted octanol–water partition coefficient (Wildman–Crippen LogP) is 8.14. The fourth-order valence-corrected chi connectivity index (χ4v) is 16.4. The second-order valence-electron chi connectivity index (χ2n) is 11.4. The standard InChI is InChI=1S/C24H38OS2Si.CH3.2ClH.Ti/c1-13-9-18(24(4,5)6)20(25)19(10-13)28(7,8)23-21-16(11-14(2)26-21)17-12-15(3)27-22(17)23;;;;/h9-10,14-17,21-23,25H,11-12H2,1-8H3;1H3;2*1H;/q;-1;;;+2/p-2. The summed E-state index contributed by atoms with van der Waals surface area (Å²) in [6.07, 6.45) is 2.83. The second-order valence-corrected chi connectivity index (χ2v) is 21.9. The number of hydrogen-bond donors (Lipinski definition) is 1. The summed E-state index contributed by atoms with van der Waals surface area (Å²) in [6, 6.07) is 4.55. The molecule has 7 heteroatoms. The predicted molar refractivity (Wildman–Crippen MR) is 148 cm³/mol. The molecule has 0 bridgehead atoms. The second kappa shape index (κ2) is 11.1. The van der Waals surface area contributed by atoms with E-state index in [1.54, 1.807) is 0 Å². The number of fused-ring (bicyclic) bond motifs is 3. The molecule has 0 amide bonds. The van der Waals surface area contributed by atoms with Gasteiger partial charge in [0.15, 0.2) is 0 Å². The van der Waals surface area contributed by atoms with Gasteiger partial charge in [0, 0.05) is 21.0 Å². The average Bonchev–Trinajstić information content (AvgIpc) is 3.25. The topological polar surface area (TPSA) is 20.2 Å². The Balaban J connectivity index is 0.000000860. The molecule has 0 spiro atoms. The number of halogens is 2. The maximum atomic E-state index is 11.5. The van der Waals surface area contributed by atoms with Gasteiger partial charge in [0.2, 0.25) is 0 Å². The molecule has 1 N–H and O–H groups in total. The van der Waals surface area contributed by atoms with Gasteiger partial charge in [0.05, 0.1) is 8.07 Å². The summed E-state index contributed by atoms with van der Waals surface area (Å²) in [6.45, 7) is 18.9. The van der Waals surface area contributed by atoms with Crippen LogP contribution in [0.3, 0.4) is 0 Å². The average molecular weight is 569 g/mol. The van der Waals surface area contributed by atoms with Crippen molar-refractivity contribution in [3.63, 3.8) is 0 Å². The summed E-state index contributed by atoms with van der Waals surface area (Å²) in [5.74, 6) is 2.43. The van der Waals surface area contributed by atoms with Gasteiger partial charge in [-0.05, 0) is 53.3 Å². The van der Waals surface area contributed by atoms with Crippen LogP contribution >= 0.6 is 42.1 Å². The Hall–Kier alpha value is 1.23. The first kappa shape index (κ1) is 29.5. The van der Waals surface area contributed by atoms with Gasteiger partial charge in [-0.25, -0.2) is 0 Å². The van der Waals surface area contributed by atoms with E-state index in [0.717, 1.165) is 43.9 Å². The van der Waals surface area contributed by atoms with Gasteiger partial charge in [0.25, 0.3) is 0 Å². The Kier molecular flexibility index (Phi) is 10.2. The van der Waals surface area contributed by atoms with Crippen molar-refractivity contribution < 1.29 is 22.1 Å². The van der Waals surface area contributed by atoms with E-state index < -0.39 is 25.1 Å². The molecule has 1 saturated carbocycles. The van der Waals surface area contributed by atoms with E-state index >= 15 is 0 Å². The SMILES string of the molecule is Cc1cc(C(C)(C)C)c(O)c([Si](C)(C)C2C3SC(C)CC3C3CC(C)SC32)c1.[CH3-].[Cl][Ti][Cl]. The number of benzene rings is 1. The van der Waals surface area contributed by atoms with Crippen molar-refractivity contribution in [2.24, 2.45) is 11.8 Å². The van der Waals surface area contributed by atoms with Gasteiger partial charge in [-0.1, -0.05) is 65.4 Å². The molecule has 2 saturated heterocycles. The minimum absolute atomic E-state index is 0. The molecule has 3 aliphatic rings. The number of phenolic OH excluding ortho intramolecular Hbond substituents is 1. The van der Waals surface area contributed by atoms with E-state index in [-0.39, 0.29) is 12.8 Å². The molecule has 0 aromatic heterocycles. The van der Waals surface area contributed by atoms with E-state index in [4.69, 9.17) is 18.6 Å². The van der Waals surface area contributed by atoms with E-state index in [9.17, 15) is 5.11 Å². The van der Waals surface area contributed by atoms with E-state index in [0.29, 0.717) is 5.75 Å². The maximum absolute atomic E-state index is 11.5. The monoisotopic (exact) mass is 567 g/mol. The molecule has 32 heavy (non-hydrogen) atoms. The summed E-state index contributed by atoms with van der Waals surface area (Å²) < 4.78 is 0. The van der Waals surface area contributed by atoms with Gasteiger partial charge in [-0.2, -0.15) is 23.5 Å². The van der Waals surface area contributed by atoms with Gasteiger partial charge in [0.1, 0.15) is 5.75 Å². The fourth-order valence-electron chi connectivity index (χ4n) is 6.45. The molecule has 6 atom stereocenters. The van der Waals surface area contributed by atoms with Crippen LogP contribution in [0.15, 0.2) is 12.1 Å². The molecule has 2 aliphatic heterocycles. The van der Waals surface area contributed by atoms with Crippen molar-refractivity contribution in [1.29, 1.82) is 0 Å². The Morgan fingerprint density at radius 1 is 1.00 bits per heavy atom. The van der Waals surface area contributed by atoms with Crippen LogP contribution in [-0.4, -0.2) is 34.2 Å². The summed E-state index contributed by atoms with van der Waals surface area (Å²) in [4.78, 5) is 0. The Labute approximate surface area is 223 Å². The number of thioether (sulfide) groups is 2. The zero-order chi connectivity index (χ0) is 23.3. The molecule has 3 fully saturated rings. The van der Waals surface area contributed by atoms with Crippen molar-refractivity contribution in [1.82, 2.24) is 0 Å². The Bertz CT molecular complexity index is 777. The quantitative estimate of drug-likeness (QED) is 0.287. The van der Waals surface area contributed by atoms with Crippen LogP contribution in [0.2, 0.25) is 18.6 Å². The van der Waals surface area contributed by atoms with Crippen LogP contribution in [0.4, 0.5) is 0 Å². The van der Waals surface area contributed by atoms with Crippen LogP contribution in [0.25, 0.3) is 0 Å². The third-order valence-corrected chi connectivity index (χ3v) is 15.5. The summed E-state index contributed by atoms with van der Waals surface area (Å²) >= 11 is 4.01. The number of aromatic hydroxyl groups is 1. The third-order valence-electron chi connectivity index (χ3n) is 7.68. The number of phenols is 1. The Morgan fingerprint density at radius 2 is 1.44 bits per heavy atom. The summed E-state index contributed by atoms with van der Waals surface area (Å²) in [7, 11) is 7.92.